The number of nitrogens with one attached hydrogen (secondary N) is 1. The van der Waals surface area contributed by atoms with Crippen LogP contribution in [0.5, 0.6) is 0 Å². The molecule has 0 saturated carbocycles. The average Bonchev–Trinajstić information content (AvgIpc) is 3.11. The second-order valence-electron chi connectivity index (χ2n) is 14.1. The van der Waals surface area contributed by atoms with Crippen molar-refractivity contribution in [3.8, 4) is 0 Å². The van der Waals surface area contributed by atoms with Gasteiger partial charge in [0.2, 0.25) is 5.91 Å². The van der Waals surface area contributed by atoms with E-state index in [4.69, 9.17) is 18.9 Å². The third-order valence-electron chi connectivity index (χ3n) is 9.82. The van der Waals surface area contributed by atoms with Crippen LogP contribution < -0.4 is 5.32 Å². The molecule has 2 aliphatic heterocycles. The molecule has 0 aromatic heterocycles. The van der Waals surface area contributed by atoms with Gasteiger partial charge in [0.1, 0.15) is 48.8 Å². The summed E-state index contributed by atoms with van der Waals surface area (Å²) in [4.78, 5) is 12.9. The van der Waals surface area contributed by atoms with Gasteiger partial charge in [-0.3, -0.25) is 4.79 Å². The van der Waals surface area contributed by atoms with Gasteiger partial charge in [0.05, 0.1) is 32.0 Å². The maximum Gasteiger partial charge on any atom is 0.220 e. The lowest BCUT2D eigenvalue weighted by Gasteiger charge is -2.46. The van der Waals surface area contributed by atoms with E-state index in [2.05, 4.69) is 19.2 Å². The molecular weight excluding hydrogens is 654 g/mol. The summed E-state index contributed by atoms with van der Waals surface area (Å²) in [5, 5.41) is 85.9. The van der Waals surface area contributed by atoms with Gasteiger partial charge >= 0.3 is 0 Å². The van der Waals surface area contributed by atoms with Crippen molar-refractivity contribution in [1.29, 1.82) is 0 Å². The van der Waals surface area contributed by atoms with Crippen LogP contribution >= 0.6 is 0 Å². The number of carbonyl (C=O) groups excluding carboxylic acids is 1. The van der Waals surface area contributed by atoms with Crippen LogP contribution in [0, 0.1) is 0 Å². The van der Waals surface area contributed by atoms with Crippen molar-refractivity contribution < 1.29 is 64.6 Å². The van der Waals surface area contributed by atoms with Gasteiger partial charge in [0.25, 0.3) is 0 Å². The SMILES string of the molecule is CCCCCCCCCCC(=O)NC(COC1OC(CO)C(OC2OC(CO)C(O)C(O)C2O)C(O)C1O)C(O)CCCCCCCCCC. The normalized spacial score (nSPS) is 31.4. The molecule has 50 heavy (non-hydrogen) atoms. The van der Waals surface area contributed by atoms with Crippen LogP contribution in [-0.4, -0.2) is 140 Å². The molecule has 12 unspecified atom stereocenters. The Bertz CT molecular complexity index is 868. The highest BCUT2D eigenvalue weighted by molar-refractivity contribution is 5.76. The van der Waals surface area contributed by atoms with Crippen molar-refractivity contribution in [2.75, 3.05) is 19.8 Å². The van der Waals surface area contributed by atoms with Gasteiger partial charge in [-0.25, -0.2) is 0 Å². The highest BCUT2D eigenvalue weighted by Gasteiger charge is 2.50. The van der Waals surface area contributed by atoms with E-state index in [1.54, 1.807) is 0 Å². The number of hydrogen-bond donors (Lipinski definition) is 9. The fourth-order valence-corrected chi connectivity index (χ4v) is 6.53. The van der Waals surface area contributed by atoms with Gasteiger partial charge in [-0.15, -0.1) is 0 Å². The number of aliphatic hydroxyl groups excluding tert-OH is 8. The highest BCUT2D eigenvalue weighted by Crippen LogP contribution is 2.30. The van der Waals surface area contributed by atoms with Crippen molar-refractivity contribution in [3.05, 3.63) is 0 Å². The molecule has 0 spiro atoms. The number of aliphatic hydroxyl groups is 8. The lowest BCUT2D eigenvalue weighted by Crippen LogP contribution is -2.65. The Balaban J connectivity index is 1.96. The summed E-state index contributed by atoms with van der Waals surface area (Å²) in [6.45, 7) is 2.73. The molecule has 2 fully saturated rings. The van der Waals surface area contributed by atoms with Crippen molar-refractivity contribution in [3.63, 3.8) is 0 Å². The molecule has 296 valence electrons. The van der Waals surface area contributed by atoms with E-state index in [0.717, 1.165) is 51.4 Å². The number of hydrogen-bond acceptors (Lipinski definition) is 13. The minimum atomic E-state index is -1.77. The van der Waals surface area contributed by atoms with Crippen LogP contribution in [-0.2, 0) is 23.7 Å². The molecule has 0 aromatic carbocycles. The minimum absolute atomic E-state index is 0.217. The molecule has 14 nitrogen and oxygen atoms in total. The summed E-state index contributed by atoms with van der Waals surface area (Å²) >= 11 is 0. The lowest BCUT2D eigenvalue weighted by atomic mass is 9.97. The number of unbranched alkanes of at least 4 members (excludes halogenated alkanes) is 14. The Kier molecular flexibility index (Phi) is 23.4. The number of amides is 1. The van der Waals surface area contributed by atoms with E-state index in [0.29, 0.717) is 12.8 Å². The Morgan fingerprint density at radius 1 is 0.640 bits per heavy atom. The predicted molar refractivity (Wildman–Crippen MR) is 185 cm³/mol. The summed E-state index contributed by atoms with van der Waals surface area (Å²) in [5.74, 6) is -0.217. The summed E-state index contributed by atoms with van der Waals surface area (Å²) in [6.07, 6.45) is 1.64. The van der Waals surface area contributed by atoms with Crippen molar-refractivity contribution in [1.82, 2.24) is 5.32 Å². The average molecular weight is 724 g/mol. The summed E-state index contributed by atoms with van der Waals surface area (Å²) < 4.78 is 22.5. The van der Waals surface area contributed by atoms with E-state index >= 15 is 0 Å². The minimum Gasteiger partial charge on any atom is -0.394 e. The van der Waals surface area contributed by atoms with Crippen LogP contribution in [0.15, 0.2) is 0 Å². The molecule has 2 heterocycles. The van der Waals surface area contributed by atoms with E-state index in [9.17, 15) is 45.6 Å². The second kappa shape index (κ2) is 25.9. The van der Waals surface area contributed by atoms with Crippen LogP contribution in [0.3, 0.4) is 0 Å². The van der Waals surface area contributed by atoms with Gasteiger partial charge in [-0.1, -0.05) is 110 Å². The Morgan fingerprint density at radius 3 is 1.70 bits per heavy atom. The fraction of sp³-hybridized carbons (Fsp3) is 0.972. The zero-order valence-corrected chi connectivity index (χ0v) is 30.4. The molecule has 0 radical (unpaired) electrons. The predicted octanol–water partition coefficient (Wildman–Crippen LogP) is 1.53. The number of carbonyl (C=O) groups is 1. The van der Waals surface area contributed by atoms with Crippen LogP contribution in [0.2, 0.25) is 0 Å². The standard InChI is InChI=1S/C36H69NO13/c1-3-5-7-9-11-13-15-17-19-25(40)24(37-28(41)20-18-16-14-12-10-8-6-4-2)23-47-35-33(46)31(44)34(27(22-39)49-35)50-36-32(45)30(43)29(42)26(21-38)48-36/h24-27,29-36,38-40,42-46H,3-23H2,1-2H3,(H,37,41). The van der Waals surface area contributed by atoms with Gasteiger partial charge in [0.15, 0.2) is 12.6 Å². The first-order valence-electron chi connectivity index (χ1n) is 19.3. The van der Waals surface area contributed by atoms with E-state index < -0.39 is 86.8 Å². The van der Waals surface area contributed by atoms with Crippen LogP contribution in [0.4, 0.5) is 0 Å². The monoisotopic (exact) mass is 723 g/mol. The molecule has 0 aliphatic carbocycles. The zero-order valence-electron chi connectivity index (χ0n) is 30.4. The first kappa shape index (κ1) is 45.1. The van der Waals surface area contributed by atoms with Crippen molar-refractivity contribution >= 4 is 5.91 Å². The maximum absolute atomic E-state index is 12.9. The molecule has 0 aromatic rings. The summed E-state index contributed by atoms with van der Waals surface area (Å²) in [6, 6.07) is -0.815. The quantitative estimate of drug-likeness (QED) is 0.0549. The molecule has 0 bridgehead atoms. The maximum atomic E-state index is 12.9. The Labute approximate surface area is 298 Å². The molecule has 2 saturated heterocycles. The number of ether oxygens (including phenoxy) is 4. The Hall–Kier alpha value is -1.01. The summed E-state index contributed by atoms with van der Waals surface area (Å²) in [7, 11) is 0. The molecular formula is C36H69NO13. The van der Waals surface area contributed by atoms with Crippen molar-refractivity contribution in [2.24, 2.45) is 0 Å². The van der Waals surface area contributed by atoms with Gasteiger partial charge in [0, 0.05) is 6.42 Å². The molecule has 1 amide bonds. The smallest absolute Gasteiger partial charge is 0.220 e. The highest BCUT2D eigenvalue weighted by atomic mass is 16.7. The van der Waals surface area contributed by atoms with Crippen LogP contribution in [0.25, 0.3) is 0 Å². The first-order valence-corrected chi connectivity index (χ1v) is 19.3. The van der Waals surface area contributed by atoms with E-state index in [1.165, 1.54) is 51.4 Å². The first-order chi connectivity index (χ1) is 24.1. The second-order valence-corrected chi connectivity index (χ2v) is 14.1. The third kappa shape index (κ3) is 15.5. The van der Waals surface area contributed by atoms with E-state index in [-0.39, 0.29) is 12.5 Å². The molecule has 9 N–H and O–H groups in total. The lowest BCUT2D eigenvalue weighted by molar-refractivity contribution is -0.359. The van der Waals surface area contributed by atoms with Crippen LogP contribution in [0.1, 0.15) is 129 Å². The molecule has 12 atom stereocenters. The van der Waals surface area contributed by atoms with Crippen molar-refractivity contribution in [2.45, 2.75) is 203 Å². The summed E-state index contributed by atoms with van der Waals surface area (Å²) in [5.41, 5.74) is 0. The van der Waals surface area contributed by atoms with Gasteiger partial charge in [-0.05, 0) is 12.8 Å². The largest absolute Gasteiger partial charge is 0.394 e. The van der Waals surface area contributed by atoms with E-state index in [1.807, 2.05) is 0 Å². The molecule has 2 aliphatic rings. The topological polar surface area (TPSA) is 228 Å². The molecule has 2 rings (SSSR count). The van der Waals surface area contributed by atoms with Gasteiger partial charge in [-0.2, -0.15) is 0 Å². The number of rotatable bonds is 27. The van der Waals surface area contributed by atoms with Gasteiger partial charge < -0.3 is 65.1 Å². The zero-order chi connectivity index (χ0) is 36.9. The Morgan fingerprint density at radius 2 is 1.14 bits per heavy atom. The molecule has 14 heteroatoms. The fourth-order valence-electron chi connectivity index (χ4n) is 6.53. The third-order valence-corrected chi connectivity index (χ3v) is 9.82.